The van der Waals surface area contributed by atoms with Gasteiger partial charge in [0.25, 0.3) is 5.91 Å². The fraction of sp³-hybridized carbons (Fsp3) is 0.227. The van der Waals surface area contributed by atoms with Gasteiger partial charge in [0.15, 0.2) is 17.5 Å². The van der Waals surface area contributed by atoms with Crippen LogP contribution in [-0.2, 0) is 0 Å². The second-order valence-electron chi connectivity index (χ2n) is 7.30. The molecule has 0 saturated heterocycles. The maximum absolute atomic E-state index is 13.5. The van der Waals surface area contributed by atoms with Crippen molar-refractivity contribution in [2.45, 2.75) is 31.7 Å². The summed E-state index contributed by atoms with van der Waals surface area (Å²) in [6.45, 7) is 0. The van der Waals surface area contributed by atoms with E-state index in [0.29, 0.717) is 11.5 Å². The van der Waals surface area contributed by atoms with Gasteiger partial charge in [-0.2, -0.15) is 5.10 Å². The monoisotopic (exact) mass is 427 g/mol. The van der Waals surface area contributed by atoms with Gasteiger partial charge in [-0.3, -0.25) is 15.2 Å². The molecule has 4 rings (SSSR count). The Bertz CT molecular complexity index is 1100. The molecule has 1 aliphatic carbocycles. The fourth-order valence-electron chi connectivity index (χ4n) is 3.41. The second-order valence-corrected chi connectivity index (χ2v) is 7.30. The fourth-order valence-corrected chi connectivity index (χ4v) is 3.41. The summed E-state index contributed by atoms with van der Waals surface area (Å²) in [5.74, 6) is -2.55. The van der Waals surface area contributed by atoms with Crippen molar-refractivity contribution in [3.05, 3.63) is 71.5 Å². The molecule has 1 fully saturated rings. The van der Waals surface area contributed by atoms with E-state index in [1.54, 1.807) is 18.2 Å². The number of aliphatic imine (C=N–C) groups is 1. The first-order valence-electron chi connectivity index (χ1n) is 9.90. The summed E-state index contributed by atoms with van der Waals surface area (Å²) in [6, 6.07) is 10.6. The number of anilines is 1. The van der Waals surface area contributed by atoms with E-state index >= 15 is 0 Å². The van der Waals surface area contributed by atoms with E-state index in [1.165, 1.54) is 18.2 Å². The summed E-state index contributed by atoms with van der Waals surface area (Å²) in [7, 11) is 0. The maximum atomic E-state index is 13.5. The predicted octanol–water partition coefficient (Wildman–Crippen LogP) is 4.63. The Morgan fingerprint density at radius 3 is 2.45 bits per heavy atom. The molecule has 9 heteroatoms. The quantitative estimate of drug-likeness (QED) is 0.419. The molecule has 0 unspecified atom stereocenters. The lowest BCUT2D eigenvalue weighted by Gasteiger charge is -2.12. The molecule has 1 amide bonds. The number of guanidine groups is 1. The summed E-state index contributed by atoms with van der Waals surface area (Å²) >= 11 is 0. The normalized spacial score (nSPS) is 14.6. The van der Waals surface area contributed by atoms with Gasteiger partial charge in [-0.25, -0.2) is 18.2 Å². The van der Waals surface area contributed by atoms with Gasteiger partial charge in [0.2, 0.25) is 5.96 Å². The number of carbonyl (C=O) groups is 1. The minimum Gasteiger partial charge on any atom is -0.309 e. The molecule has 1 heterocycles. The lowest BCUT2D eigenvalue weighted by atomic mass is 10.1. The van der Waals surface area contributed by atoms with Crippen molar-refractivity contribution in [3.63, 3.8) is 0 Å². The molecule has 0 bridgehead atoms. The molecule has 0 atom stereocenters. The number of nitrogens with zero attached hydrogens (tertiary/aromatic N) is 2. The lowest BCUT2D eigenvalue weighted by Crippen LogP contribution is -2.37. The third-order valence-corrected chi connectivity index (χ3v) is 5.03. The first-order valence-corrected chi connectivity index (χ1v) is 9.90. The van der Waals surface area contributed by atoms with Crippen molar-refractivity contribution in [1.29, 1.82) is 0 Å². The minimum atomic E-state index is -1.11. The molecule has 1 aromatic heterocycles. The number of nitrogens with one attached hydrogen (secondary N) is 3. The molecular formula is C22H20F3N5O. The highest BCUT2D eigenvalue weighted by atomic mass is 19.2. The Labute approximate surface area is 176 Å². The van der Waals surface area contributed by atoms with E-state index in [4.69, 9.17) is 0 Å². The number of hydrogen-bond acceptors (Lipinski definition) is 3. The second kappa shape index (κ2) is 9.03. The molecule has 3 aromatic rings. The van der Waals surface area contributed by atoms with Gasteiger partial charge in [-0.05, 0) is 60.9 Å². The third-order valence-electron chi connectivity index (χ3n) is 5.03. The average Bonchev–Trinajstić information content (AvgIpc) is 3.43. The number of aromatic nitrogens is 2. The van der Waals surface area contributed by atoms with E-state index in [-0.39, 0.29) is 23.4 Å². The van der Waals surface area contributed by atoms with Crippen LogP contribution >= 0.6 is 0 Å². The molecule has 0 spiro atoms. The summed E-state index contributed by atoms with van der Waals surface area (Å²) < 4.78 is 39.8. The number of halogens is 3. The number of benzene rings is 2. The summed E-state index contributed by atoms with van der Waals surface area (Å²) in [4.78, 5) is 17.1. The number of aromatic amines is 1. The first kappa shape index (κ1) is 20.6. The Morgan fingerprint density at radius 2 is 1.74 bits per heavy atom. The van der Waals surface area contributed by atoms with Crippen LogP contribution in [0.15, 0.2) is 53.5 Å². The van der Waals surface area contributed by atoms with E-state index in [1.807, 2.05) is 0 Å². The molecule has 1 aliphatic rings. The van der Waals surface area contributed by atoms with Gasteiger partial charge in [0, 0.05) is 11.6 Å². The van der Waals surface area contributed by atoms with Crippen LogP contribution in [0.3, 0.4) is 0 Å². The molecule has 0 radical (unpaired) electrons. The van der Waals surface area contributed by atoms with Crippen molar-refractivity contribution >= 4 is 17.7 Å². The van der Waals surface area contributed by atoms with Crippen LogP contribution in [0.2, 0.25) is 0 Å². The zero-order valence-electron chi connectivity index (χ0n) is 16.5. The molecular weight excluding hydrogens is 407 g/mol. The Morgan fingerprint density at radius 1 is 1.00 bits per heavy atom. The zero-order valence-corrected chi connectivity index (χ0v) is 16.5. The number of carbonyl (C=O) groups excluding carboxylic acids is 1. The highest BCUT2D eigenvalue weighted by Crippen LogP contribution is 2.22. The highest BCUT2D eigenvalue weighted by Gasteiger charge is 2.18. The van der Waals surface area contributed by atoms with Crippen LogP contribution in [0.4, 0.5) is 19.0 Å². The molecule has 160 valence electrons. The van der Waals surface area contributed by atoms with E-state index in [0.717, 1.165) is 43.4 Å². The van der Waals surface area contributed by atoms with Crippen molar-refractivity contribution in [3.8, 4) is 11.3 Å². The first-order chi connectivity index (χ1) is 15.0. The van der Waals surface area contributed by atoms with Gasteiger partial charge in [-0.15, -0.1) is 0 Å². The van der Waals surface area contributed by atoms with Gasteiger partial charge in [0.05, 0.1) is 11.7 Å². The Hall–Kier alpha value is -3.62. The van der Waals surface area contributed by atoms with Crippen LogP contribution < -0.4 is 10.6 Å². The summed E-state index contributed by atoms with van der Waals surface area (Å²) in [5, 5.41) is 12.6. The molecule has 31 heavy (non-hydrogen) atoms. The average molecular weight is 427 g/mol. The van der Waals surface area contributed by atoms with Gasteiger partial charge in [-0.1, -0.05) is 12.8 Å². The van der Waals surface area contributed by atoms with Crippen molar-refractivity contribution in [2.75, 3.05) is 5.32 Å². The SMILES string of the molecule is O=C(NC(=NC1CCCC1)Nc1cc(-c2ccc(F)cc2)[nH]n1)c1ccc(F)c(F)c1. The number of H-pyrrole nitrogens is 1. The van der Waals surface area contributed by atoms with E-state index in [9.17, 15) is 18.0 Å². The molecule has 6 nitrogen and oxygen atoms in total. The predicted molar refractivity (Wildman–Crippen MR) is 111 cm³/mol. The van der Waals surface area contributed by atoms with Crippen molar-refractivity contribution < 1.29 is 18.0 Å². The Balaban J connectivity index is 1.53. The number of rotatable bonds is 4. The summed E-state index contributed by atoms with van der Waals surface area (Å²) in [6.07, 6.45) is 3.90. The van der Waals surface area contributed by atoms with E-state index < -0.39 is 17.5 Å². The number of hydrogen-bond donors (Lipinski definition) is 3. The van der Waals surface area contributed by atoms with Gasteiger partial charge in [0.1, 0.15) is 5.82 Å². The lowest BCUT2D eigenvalue weighted by molar-refractivity contribution is 0.0976. The number of amides is 1. The van der Waals surface area contributed by atoms with Crippen molar-refractivity contribution in [2.24, 2.45) is 4.99 Å². The smallest absolute Gasteiger partial charge is 0.258 e. The van der Waals surface area contributed by atoms with Gasteiger partial charge < -0.3 is 5.32 Å². The minimum absolute atomic E-state index is 0.0335. The van der Waals surface area contributed by atoms with Crippen LogP contribution in [0.25, 0.3) is 11.3 Å². The van der Waals surface area contributed by atoms with Crippen molar-refractivity contribution in [1.82, 2.24) is 15.5 Å². The Kier molecular flexibility index (Phi) is 6.01. The van der Waals surface area contributed by atoms with Crippen LogP contribution in [0.1, 0.15) is 36.0 Å². The summed E-state index contributed by atoms with van der Waals surface area (Å²) in [5.41, 5.74) is 1.35. The van der Waals surface area contributed by atoms with Crippen LogP contribution in [0, 0.1) is 17.5 Å². The highest BCUT2D eigenvalue weighted by molar-refractivity contribution is 6.09. The molecule has 1 saturated carbocycles. The topological polar surface area (TPSA) is 82.2 Å². The largest absolute Gasteiger partial charge is 0.309 e. The van der Waals surface area contributed by atoms with E-state index in [2.05, 4.69) is 25.8 Å². The molecule has 0 aliphatic heterocycles. The zero-order chi connectivity index (χ0) is 21.8. The van der Waals surface area contributed by atoms with Crippen LogP contribution in [0.5, 0.6) is 0 Å². The van der Waals surface area contributed by atoms with Crippen LogP contribution in [-0.4, -0.2) is 28.1 Å². The molecule has 2 aromatic carbocycles. The standard InChI is InChI=1S/C22H20F3N5O/c23-15-8-5-13(6-9-15)19-12-20(30-29-19)27-22(26-16-3-1-2-4-16)28-21(31)14-7-10-17(24)18(25)11-14/h5-12,16H,1-4H2,(H3,26,27,28,29,30,31). The third kappa shape index (κ3) is 5.11. The van der Waals surface area contributed by atoms with Gasteiger partial charge >= 0.3 is 0 Å². The maximum Gasteiger partial charge on any atom is 0.258 e. The molecule has 3 N–H and O–H groups in total.